The lowest BCUT2D eigenvalue weighted by atomic mass is 9.95. The molecule has 2 aromatic rings. The maximum atomic E-state index is 12.9. The first kappa shape index (κ1) is 17.2. The Kier molecular flexibility index (Phi) is 4.65. The molecule has 0 radical (unpaired) electrons. The monoisotopic (exact) mass is 337 g/mol. The van der Waals surface area contributed by atoms with Crippen molar-refractivity contribution < 1.29 is 9.90 Å². The Morgan fingerprint density at radius 2 is 1.96 bits per heavy atom. The van der Waals surface area contributed by atoms with Crippen LogP contribution in [0.4, 0.5) is 0 Å². The first-order valence-electron chi connectivity index (χ1n) is 8.59. The van der Waals surface area contributed by atoms with Gasteiger partial charge in [-0.1, -0.05) is 6.92 Å². The van der Waals surface area contributed by atoms with E-state index in [2.05, 4.69) is 6.07 Å². The highest BCUT2D eigenvalue weighted by molar-refractivity contribution is 5.96. The fourth-order valence-electron chi connectivity index (χ4n) is 3.47. The molecule has 5 nitrogen and oxygen atoms in total. The number of aliphatic hydroxyl groups excluding tert-OH is 1. The van der Waals surface area contributed by atoms with Crippen LogP contribution < -0.4 is 0 Å². The number of rotatable bonds is 2. The Bertz CT molecular complexity index is 830. The van der Waals surface area contributed by atoms with Crippen LogP contribution in [0.2, 0.25) is 0 Å². The fraction of sp³-hybridized carbons (Fsp3) is 0.400. The van der Waals surface area contributed by atoms with Crippen molar-refractivity contribution in [3.8, 4) is 11.8 Å². The zero-order valence-corrected chi connectivity index (χ0v) is 14.9. The average Bonchev–Trinajstić information content (AvgIpc) is 2.91. The van der Waals surface area contributed by atoms with Gasteiger partial charge in [0.2, 0.25) is 0 Å². The van der Waals surface area contributed by atoms with E-state index in [1.807, 2.05) is 43.5 Å². The highest BCUT2D eigenvalue weighted by Crippen LogP contribution is 2.25. The van der Waals surface area contributed by atoms with Gasteiger partial charge in [-0.25, -0.2) is 0 Å². The van der Waals surface area contributed by atoms with Crippen LogP contribution >= 0.6 is 0 Å². The SMILES string of the molecule is Cc1cc(C(=O)N2CCC(C)C(O)C2)c(C)n1-c1ccc(C#N)cc1. The molecule has 130 valence electrons. The number of nitriles is 1. The Hall–Kier alpha value is -2.58. The number of hydrogen-bond acceptors (Lipinski definition) is 3. The number of carbonyl (C=O) groups is 1. The maximum absolute atomic E-state index is 12.9. The Morgan fingerprint density at radius 1 is 1.28 bits per heavy atom. The summed E-state index contributed by atoms with van der Waals surface area (Å²) in [5.41, 5.74) is 4.06. The molecule has 25 heavy (non-hydrogen) atoms. The predicted octanol–water partition coefficient (Wildman–Crippen LogP) is 2.81. The second-order valence-electron chi connectivity index (χ2n) is 6.86. The molecule has 2 atom stereocenters. The van der Waals surface area contributed by atoms with Crippen molar-refractivity contribution in [1.29, 1.82) is 5.26 Å². The Balaban J connectivity index is 1.91. The summed E-state index contributed by atoms with van der Waals surface area (Å²) >= 11 is 0. The summed E-state index contributed by atoms with van der Waals surface area (Å²) in [6.07, 6.45) is 0.362. The number of likely N-dealkylation sites (tertiary alicyclic amines) is 1. The molecule has 1 aliphatic heterocycles. The van der Waals surface area contributed by atoms with Crippen LogP contribution in [0, 0.1) is 31.1 Å². The molecule has 2 heterocycles. The summed E-state index contributed by atoms with van der Waals surface area (Å²) in [6, 6.07) is 11.3. The van der Waals surface area contributed by atoms with Crippen molar-refractivity contribution in [3.05, 3.63) is 52.8 Å². The Labute approximate surface area is 148 Å². The minimum absolute atomic E-state index is 0.0288. The van der Waals surface area contributed by atoms with Crippen LogP contribution in [0.3, 0.4) is 0 Å². The molecule has 1 aromatic carbocycles. The van der Waals surface area contributed by atoms with E-state index in [1.165, 1.54) is 0 Å². The molecule has 2 unspecified atom stereocenters. The number of aromatic nitrogens is 1. The molecule has 0 saturated carbocycles. The second-order valence-corrected chi connectivity index (χ2v) is 6.86. The van der Waals surface area contributed by atoms with Crippen LogP contribution in [0.25, 0.3) is 5.69 Å². The van der Waals surface area contributed by atoms with Crippen LogP contribution in [0.5, 0.6) is 0 Å². The highest BCUT2D eigenvalue weighted by atomic mass is 16.3. The molecule has 1 amide bonds. The van der Waals surface area contributed by atoms with Gasteiger partial charge in [0.05, 0.1) is 23.3 Å². The number of β-amino-alcohol motifs (C(OH)–C–C–N with tert-alkyl or cyclic N) is 1. The van der Waals surface area contributed by atoms with Gasteiger partial charge in [0.25, 0.3) is 5.91 Å². The number of carbonyl (C=O) groups excluding carboxylic acids is 1. The quantitative estimate of drug-likeness (QED) is 0.916. The fourth-order valence-corrected chi connectivity index (χ4v) is 3.47. The number of benzene rings is 1. The van der Waals surface area contributed by atoms with Crippen molar-refractivity contribution in [2.45, 2.75) is 33.3 Å². The first-order chi connectivity index (χ1) is 11.9. The van der Waals surface area contributed by atoms with E-state index >= 15 is 0 Å². The van der Waals surface area contributed by atoms with Gasteiger partial charge in [0, 0.05) is 30.2 Å². The van der Waals surface area contributed by atoms with Gasteiger partial charge >= 0.3 is 0 Å². The molecule has 1 N–H and O–H groups in total. The van der Waals surface area contributed by atoms with Gasteiger partial charge < -0.3 is 14.6 Å². The zero-order valence-electron chi connectivity index (χ0n) is 14.9. The number of amides is 1. The van der Waals surface area contributed by atoms with Crippen LogP contribution in [0.1, 0.15) is 40.7 Å². The third kappa shape index (κ3) is 3.18. The number of nitrogens with zero attached hydrogens (tertiary/aromatic N) is 3. The molecular weight excluding hydrogens is 314 g/mol. The van der Waals surface area contributed by atoms with Gasteiger partial charge in [0.1, 0.15) is 0 Å². The molecule has 0 spiro atoms. The predicted molar refractivity (Wildman–Crippen MR) is 95.6 cm³/mol. The standard InChI is InChI=1S/C20H23N3O2/c1-13-8-9-22(12-19(13)24)20(25)18-10-14(2)23(15(18)3)17-6-4-16(11-21)5-7-17/h4-7,10,13,19,24H,8-9,12H2,1-3H3. The topological polar surface area (TPSA) is 69.3 Å². The van der Waals surface area contributed by atoms with E-state index < -0.39 is 6.10 Å². The minimum Gasteiger partial charge on any atom is -0.391 e. The minimum atomic E-state index is -0.459. The van der Waals surface area contributed by atoms with Crippen molar-refractivity contribution in [1.82, 2.24) is 9.47 Å². The van der Waals surface area contributed by atoms with Gasteiger partial charge in [-0.2, -0.15) is 5.26 Å². The van der Waals surface area contributed by atoms with Crippen molar-refractivity contribution in [2.75, 3.05) is 13.1 Å². The van der Waals surface area contributed by atoms with E-state index in [-0.39, 0.29) is 11.8 Å². The lowest BCUT2D eigenvalue weighted by Crippen LogP contribution is -2.45. The normalized spacial score (nSPS) is 20.4. The number of piperidine rings is 1. The van der Waals surface area contributed by atoms with Gasteiger partial charge in [-0.05, 0) is 56.5 Å². The molecule has 5 heteroatoms. The second kappa shape index (κ2) is 6.73. The van der Waals surface area contributed by atoms with Gasteiger partial charge in [-0.15, -0.1) is 0 Å². The first-order valence-corrected chi connectivity index (χ1v) is 8.59. The molecule has 0 bridgehead atoms. The Morgan fingerprint density at radius 3 is 2.56 bits per heavy atom. The summed E-state index contributed by atoms with van der Waals surface area (Å²) < 4.78 is 2.03. The van der Waals surface area contributed by atoms with E-state index in [1.54, 1.807) is 17.0 Å². The molecule has 1 saturated heterocycles. The van der Waals surface area contributed by atoms with Crippen LogP contribution in [0.15, 0.2) is 30.3 Å². The van der Waals surface area contributed by atoms with E-state index in [4.69, 9.17) is 5.26 Å². The summed E-state index contributed by atoms with van der Waals surface area (Å²) in [7, 11) is 0. The van der Waals surface area contributed by atoms with E-state index in [0.29, 0.717) is 24.2 Å². The third-order valence-corrected chi connectivity index (χ3v) is 5.12. The lowest BCUT2D eigenvalue weighted by molar-refractivity contribution is 0.0248. The lowest BCUT2D eigenvalue weighted by Gasteiger charge is -2.34. The smallest absolute Gasteiger partial charge is 0.255 e. The largest absolute Gasteiger partial charge is 0.391 e. The molecule has 1 aliphatic rings. The van der Waals surface area contributed by atoms with Crippen LogP contribution in [-0.2, 0) is 0 Å². The molecule has 1 fully saturated rings. The third-order valence-electron chi connectivity index (χ3n) is 5.12. The summed E-state index contributed by atoms with van der Waals surface area (Å²) in [6.45, 7) is 6.98. The van der Waals surface area contributed by atoms with Gasteiger partial charge in [-0.3, -0.25) is 4.79 Å². The van der Waals surface area contributed by atoms with Crippen molar-refractivity contribution in [3.63, 3.8) is 0 Å². The number of aliphatic hydroxyl groups is 1. The van der Waals surface area contributed by atoms with Gasteiger partial charge in [0.15, 0.2) is 0 Å². The van der Waals surface area contributed by atoms with Crippen molar-refractivity contribution >= 4 is 5.91 Å². The summed E-state index contributed by atoms with van der Waals surface area (Å²) in [4.78, 5) is 14.7. The molecular formula is C20H23N3O2. The average molecular weight is 337 g/mol. The number of hydrogen-bond donors (Lipinski definition) is 1. The molecule has 3 rings (SSSR count). The summed E-state index contributed by atoms with van der Waals surface area (Å²) in [5.74, 6) is 0.203. The van der Waals surface area contributed by atoms with Crippen molar-refractivity contribution in [2.24, 2.45) is 5.92 Å². The highest BCUT2D eigenvalue weighted by Gasteiger charge is 2.29. The maximum Gasteiger partial charge on any atom is 0.255 e. The number of aryl methyl sites for hydroxylation is 1. The molecule has 0 aliphatic carbocycles. The zero-order chi connectivity index (χ0) is 18.1. The van der Waals surface area contributed by atoms with Crippen LogP contribution in [-0.4, -0.2) is 39.7 Å². The van der Waals surface area contributed by atoms with E-state index in [9.17, 15) is 9.90 Å². The van der Waals surface area contributed by atoms with E-state index in [0.717, 1.165) is 23.5 Å². The summed E-state index contributed by atoms with van der Waals surface area (Å²) in [5, 5.41) is 19.0. The molecule has 1 aromatic heterocycles.